The summed E-state index contributed by atoms with van der Waals surface area (Å²) in [4.78, 5) is 13.0. The summed E-state index contributed by atoms with van der Waals surface area (Å²) in [6, 6.07) is 20.7. The Morgan fingerprint density at radius 3 is 2.55 bits per heavy atom. The van der Waals surface area contributed by atoms with Crippen LogP contribution in [0.1, 0.15) is 40.4 Å². The van der Waals surface area contributed by atoms with Gasteiger partial charge in [-0.1, -0.05) is 30.3 Å². The number of hydrogen-bond acceptors (Lipinski definition) is 4. The molecule has 0 saturated carbocycles. The zero-order chi connectivity index (χ0) is 21.8. The predicted molar refractivity (Wildman–Crippen MR) is 120 cm³/mol. The molecule has 160 valence electrons. The first-order valence-corrected chi connectivity index (χ1v) is 11.6. The summed E-state index contributed by atoms with van der Waals surface area (Å²) in [6.07, 6.45) is 2.92. The maximum Gasteiger partial charge on any atom is 0.261 e. The Labute approximate surface area is 182 Å². The van der Waals surface area contributed by atoms with Gasteiger partial charge in [0, 0.05) is 11.3 Å². The summed E-state index contributed by atoms with van der Waals surface area (Å²) >= 11 is 0. The highest BCUT2D eigenvalue weighted by Crippen LogP contribution is 2.30. The van der Waals surface area contributed by atoms with Gasteiger partial charge in [0.15, 0.2) is 0 Å². The molecule has 0 radical (unpaired) electrons. The van der Waals surface area contributed by atoms with Crippen LogP contribution in [-0.2, 0) is 16.4 Å². The van der Waals surface area contributed by atoms with E-state index in [0.717, 1.165) is 24.8 Å². The van der Waals surface area contributed by atoms with E-state index in [1.54, 1.807) is 36.4 Å². The average molecular weight is 437 g/mol. The minimum absolute atomic E-state index is 0.0444. The van der Waals surface area contributed by atoms with E-state index in [1.807, 2.05) is 12.1 Å². The third kappa shape index (κ3) is 4.72. The number of carbonyl (C=O) groups is 1. The summed E-state index contributed by atoms with van der Waals surface area (Å²) in [5.74, 6) is 0.342. The van der Waals surface area contributed by atoms with E-state index in [0.29, 0.717) is 17.0 Å². The molecule has 3 aromatic rings. The summed E-state index contributed by atoms with van der Waals surface area (Å²) < 4.78 is 33.0. The van der Waals surface area contributed by atoms with E-state index in [-0.39, 0.29) is 16.8 Å². The maximum atomic E-state index is 12.9. The van der Waals surface area contributed by atoms with Crippen LogP contribution in [0.2, 0.25) is 0 Å². The lowest BCUT2D eigenvalue weighted by atomic mass is 9.87. The van der Waals surface area contributed by atoms with Crippen LogP contribution in [0.4, 0.5) is 5.69 Å². The van der Waals surface area contributed by atoms with Crippen molar-refractivity contribution in [2.75, 3.05) is 11.8 Å². The van der Waals surface area contributed by atoms with Gasteiger partial charge < -0.3 is 10.1 Å². The molecule has 3 aromatic carbocycles. The summed E-state index contributed by atoms with van der Waals surface area (Å²) in [6.45, 7) is 0. The smallest absolute Gasteiger partial charge is 0.261 e. The van der Waals surface area contributed by atoms with E-state index in [4.69, 9.17) is 4.74 Å². The molecule has 1 aliphatic rings. The molecule has 7 heteroatoms. The molecular weight excluding hydrogens is 412 g/mol. The van der Waals surface area contributed by atoms with E-state index in [1.165, 1.54) is 24.8 Å². The molecule has 31 heavy (non-hydrogen) atoms. The molecule has 0 saturated heterocycles. The van der Waals surface area contributed by atoms with Crippen LogP contribution < -0.4 is 14.8 Å². The van der Waals surface area contributed by atoms with Gasteiger partial charge in [0.2, 0.25) is 0 Å². The van der Waals surface area contributed by atoms with Gasteiger partial charge in [-0.05, 0) is 72.9 Å². The number of nitrogens with one attached hydrogen (secondary N) is 2. The number of benzene rings is 3. The third-order valence-corrected chi connectivity index (χ3v) is 6.82. The van der Waals surface area contributed by atoms with E-state index >= 15 is 0 Å². The second-order valence-corrected chi connectivity index (χ2v) is 9.16. The van der Waals surface area contributed by atoms with Crippen molar-refractivity contribution in [2.45, 2.75) is 30.2 Å². The van der Waals surface area contributed by atoms with Gasteiger partial charge in [0.05, 0.1) is 18.0 Å². The Morgan fingerprint density at radius 1 is 1.00 bits per heavy atom. The number of ether oxygens (including phenoxy) is 1. The Hall–Kier alpha value is -3.32. The van der Waals surface area contributed by atoms with Crippen molar-refractivity contribution in [1.82, 2.24) is 5.32 Å². The number of carbonyl (C=O) groups excluding carboxylic acids is 1. The van der Waals surface area contributed by atoms with Crippen molar-refractivity contribution in [3.05, 3.63) is 89.5 Å². The highest BCUT2D eigenvalue weighted by Gasteiger charge is 2.22. The van der Waals surface area contributed by atoms with Crippen LogP contribution in [0.15, 0.2) is 77.7 Å². The molecule has 6 nitrogen and oxygen atoms in total. The molecule has 0 aliphatic heterocycles. The van der Waals surface area contributed by atoms with E-state index < -0.39 is 10.0 Å². The number of sulfonamides is 1. The van der Waals surface area contributed by atoms with Gasteiger partial charge in [-0.2, -0.15) is 0 Å². The summed E-state index contributed by atoms with van der Waals surface area (Å²) in [5.41, 5.74) is 3.14. The summed E-state index contributed by atoms with van der Waals surface area (Å²) in [5, 5.41) is 3.10. The fraction of sp³-hybridized carbons (Fsp3) is 0.208. The number of rotatable bonds is 6. The van der Waals surface area contributed by atoms with Gasteiger partial charge in [-0.15, -0.1) is 0 Å². The van der Waals surface area contributed by atoms with Crippen LogP contribution in [0.25, 0.3) is 0 Å². The quantitative estimate of drug-likeness (QED) is 0.603. The first kappa shape index (κ1) is 20.9. The van der Waals surface area contributed by atoms with Crippen molar-refractivity contribution in [1.29, 1.82) is 0 Å². The zero-order valence-corrected chi connectivity index (χ0v) is 18.0. The van der Waals surface area contributed by atoms with Crippen LogP contribution in [0.5, 0.6) is 5.75 Å². The molecule has 0 bridgehead atoms. The van der Waals surface area contributed by atoms with Crippen LogP contribution in [0, 0.1) is 0 Å². The van der Waals surface area contributed by atoms with Gasteiger partial charge in [-0.25, -0.2) is 8.42 Å². The molecule has 2 N–H and O–H groups in total. The standard InChI is InChI=1S/C24H24N2O4S/c1-30-20-12-14-21(15-13-20)31(28,29)26-19-9-4-8-18(16-19)24(27)25-23-11-5-7-17-6-2-3-10-22(17)23/h2-4,6,8-10,12-16,23,26H,5,7,11H2,1H3,(H,25,27)/t23-/m0/s1. The molecule has 0 heterocycles. The first-order valence-electron chi connectivity index (χ1n) is 10.1. The van der Waals surface area contributed by atoms with Gasteiger partial charge >= 0.3 is 0 Å². The fourth-order valence-corrected chi connectivity index (χ4v) is 4.89. The zero-order valence-electron chi connectivity index (χ0n) is 17.2. The van der Waals surface area contributed by atoms with E-state index in [9.17, 15) is 13.2 Å². The van der Waals surface area contributed by atoms with Crippen molar-refractivity contribution in [2.24, 2.45) is 0 Å². The molecule has 0 aromatic heterocycles. The molecule has 1 aliphatic carbocycles. The average Bonchev–Trinajstić information content (AvgIpc) is 2.79. The molecular formula is C24H24N2O4S. The fourth-order valence-electron chi connectivity index (χ4n) is 3.84. The van der Waals surface area contributed by atoms with Crippen molar-refractivity contribution in [3.63, 3.8) is 0 Å². The number of aryl methyl sites for hydroxylation is 1. The number of methoxy groups -OCH3 is 1. The predicted octanol–water partition coefficient (Wildman–Crippen LogP) is 4.30. The van der Waals surface area contributed by atoms with Crippen LogP contribution in [0.3, 0.4) is 0 Å². The van der Waals surface area contributed by atoms with Gasteiger partial charge in [0.1, 0.15) is 5.75 Å². The largest absolute Gasteiger partial charge is 0.497 e. The van der Waals surface area contributed by atoms with Crippen LogP contribution >= 0.6 is 0 Å². The molecule has 0 unspecified atom stereocenters. The highest BCUT2D eigenvalue weighted by atomic mass is 32.2. The van der Waals surface area contributed by atoms with Crippen molar-refractivity contribution >= 4 is 21.6 Å². The molecule has 1 atom stereocenters. The Morgan fingerprint density at radius 2 is 1.77 bits per heavy atom. The number of amides is 1. The van der Waals surface area contributed by atoms with E-state index in [2.05, 4.69) is 22.2 Å². The van der Waals surface area contributed by atoms with Gasteiger partial charge in [0.25, 0.3) is 15.9 Å². The molecule has 1 amide bonds. The minimum Gasteiger partial charge on any atom is -0.497 e. The highest BCUT2D eigenvalue weighted by molar-refractivity contribution is 7.92. The minimum atomic E-state index is -3.79. The number of fused-ring (bicyclic) bond motifs is 1. The number of hydrogen-bond donors (Lipinski definition) is 2. The lowest BCUT2D eigenvalue weighted by Crippen LogP contribution is -2.31. The monoisotopic (exact) mass is 436 g/mol. The Balaban J connectivity index is 1.50. The molecule has 4 rings (SSSR count). The molecule has 0 fully saturated rings. The first-order chi connectivity index (χ1) is 15.0. The van der Waals surface area contributed by atoms with Crippen molar-refractivity contribution < 1.29 is 17.9 Å². The summed E-state index contributed by atoms with van der Waals surface area (Å²) in [7, 11) is -2.27. The van der Waals surface area contributed by atoms with Crippen LogP contribution in [-0.4, -0.2) is 21.4 Å². The Kier molecular flexibility index (Phi) is 5.95. The molecule has 0 spiro atoms. The second-order valence-electron chi connectivity index (χ2n) is 7.48. The second kappa shape index (κ2) is 8.81. The lowest BCUT2D eigenvalue weighted by Gasteiger charge is -2.26. The lowest BCUT2D eigenvalue weighted by molar-refractivity contribution is 0.0932. The van der Waals surface area contributed by atoms with Gasteiger partial charge in [-0.3, -0.25) is 9.52 Å². The SMILES string of the molecule is COc1ccc(S(=O)(=O)Nc2cccc(C(=O)N[C@H]3CCCc4ccccc43)c2)cc1. The number of anilines is 1. The maximum absolute atomic E-state index is 12.9. The van der Waals surface area contributed by atoms with Crippen molar-refractivity contribution in [3.8, 4) is 5.75 Å². The Bertz CT molecular complexity index is 1190. The third-order valence-electron chi connectivity index (χ3n) is 5.42. The normalized spacial score (nSPS) is 15.6. The topological polar surface area (TPSA) is 84.5 Å².